The summed E-state index contributed by atoms with van der Waals surface area (Å²) >= 11 is 0. The lowest BCUT2D eigenvalue weighted by molar-refractivity contribution is -0.163. The van der Waals surface area contributed by atoms with Gasteiger partial charge in [-0.05, 0) is 53.5 Å². The Kier molecular flexibility index (Phi) is 5.99. The van der Waals surface area contributed by atoms with Gasteiger partial charge in [-0.1, -0.05) is 18.2 Å². The summed E-state index contributed by atoms with van der Waals surface area (Å²) in [4.78, 5) is 24.7. The summed E-state index contributed by atoms with van der Waals surface area (Å²) < 4.78 is 16.8. The van der Waals surface area contributed by atoms with Gasteiger partial charge in [0.05, 0.1) is 18.1 Å². The van der Waals surface area contributed by atoms with Gasteiger partial charge in [0.25, 0.3) is 0 Å². The van der Waals surface area contributed by atoms with Crippen LogP contribution in [0.15, 0.2) is 18.2 Å². The Balaban J connectivity index is 2.34. The summed E-state index contributed by atoms with van der Waals surface area (Å²) in [5, 5.41) is 0. The first kappa shape index (κ1) is 20.3. The molecule has 5 nitrogen and oxygen atoms in total. The van der Waals surface area contributed by atoms with Crippen LogP contribution in [0, 0.1) is 0 Å². The molecule has 1 aromatic rings. The van der Waals surface area contributed by atoms with Gasteiger partial charge in [0.1, 0.15) is 11.4 Å². The zero-order chi connectivity index (χ0) is 19.5. The van der Waals surface area contributed by atoms with Crippen LogP contribution in [-0.2, 0) is 30.9 Å². The van der Waals surface area contributed by atoms with Crippen molar-refractivity contribution in [1.82, 2.24) is 0 Å². The van der Waals surface area contributed by atoms with Gasteiger partial charge in [0, 0.05) is 18.4 Å². The minimum atomic E-state index is -0.778. The molecule has 0 aliphatic carbocycles. The molecule has 1 aromatic carbocycles. The lowest BCUT2D eigenvalue weighted by Crippen LogP contribution is -2.45. The molecule has 1 aliphatic rings. The summed E-state index contributed by atoms with van der Waals surface area (Å²) in [6.07, 6.45) is 1.23. The summed E-state index contributed by atoms with van der Waals surface area (Å²) in [7, 11) is 0. The first-order valence-electron chi connectivity index (χ1n) is 9.25. The number of fused-ring (bicyclic) bond motifs is 1. The summed E-state index contributed by atoms with van der Waals surface area (Å²) in [5.74, 6) is 0.219. The third kappa shape index (κ3) is 4.57. The van der Waals surface area contributed by atoms with E-state index in [4.69, 9.17) is 14.2 Å². The Hall–Kier alpha value is -2.04. The molecule has 2 rings (SSSR count). The molecule has 2 unspecified atom stereocenters. The van der Waals surface area contributed by atoms with E-state index >= 15 is 0 Å². The third-order valence-corrected chi connectivity index (χ3v) is 4.46. The zero-order valence-corrected chi connectivity index (χ0v) is 16.7. The number of carbonyl (C=O) groups is 2. The second-order valence-electron chi connectivity index (χ2n) is 8.07. The first-order chi connectivity index (χ1) is 12.1. The maximum atomic E-state index is 13.0. The summed E-state index contributed by atoms with van der Waals surface area (Å²) in [5.41, 5.74) is 0.409. The van der Waals surface area contributed by atoms with Crippen LogP contribution in [0.3, 0.4) is 0 Å². The molecule has 0 saturated carbocycles. The molecule has 26 heavy (non-hydrogen) atoms. The SMILES string of the molecule is CCOC(=O)CCc1cccc2c1OC(C)CC2(C)C(=O)OC(C)(C)C. The molecule has 0 amide bonds. The molecule has 0 bridgehead atoms. The molecule has 0 spiro atoms. The van der Waals surface area contributed by atoms with E-state index in [1.165, 1.54) is 0 Å². The van der Waals surface area contributed by atoms with Crippen molar-refractivity contribution in [3.63, 3.8) is 0 Å². The molecular weight excluding hydrogens is 332 g/mol. The fraction of sp³-hybridized carbons (Fsp3) is 0.619. The highest BCUT2D eigenvalue weighted by molar-refractivity contribution is 5.85. The van der Waals surface area contributed by atoms with Gasteiger partial charge in [-0.15, -0.1) is 0 Å². The smallest absolute Gasteiger partial charge is 0.317 e. The van der Waals surface area contributed by atoms with Crippen LogP contribution < -0.4 is 4.74 Å². The second-order valence-corrected chi connectivity index (χ2v) is 8.07. The lowest BCUT2D eigenvalue weighted by atomic mass is 9.74. The first-order valence-corrected chi connectivity index (χ1v) is 9.25. The summed E-state index contributed by atoms with van der Waals surface area (Å²) in [6.45, 7) is 11.6. The number of rotatable bonds is 5. The van der Waals surface area contributed by atoms with E-state index in [9.17, 15) is 9.59 Å². The number of ether oxygens (including phenoxy) is 3. The van der Waals surface area contributed by atoms with Crippen LogP contribution in [0.5, 0.6) is 5.75 Å². The van der Waals surface area contributed by atoms with Crippen molar-refractivity contribution in [3.8, 4) is 5.75 Å². The molecule has 1 heterocycles. The zero-order valence-electron chi connectivity index (χ0n) is 16.7. The second kappa shape index (κ2) is 7.68. The van der Waals surface area contributed by atoms with Crippen LogP contribution in [0.25, 0.3) is 0 Å². The van der Waals surface area contributed by atoms with Crippen molar-refractivity contribution in [2.75, 3.05) is 6.61 Å². The van der Waals surface area contributed by atoms with Gasteiger partial charge in [0.2, 0.25) is 0 Å². The standard InChI is InChI=1S/C21H30O5/c1-7-24-17(22)12-11-15-9-8-10-16-18(15)25-14(2)13-21(16,6)19(23)26-20(3,4)5/h8-10,14H,7,11-13H2,1-6H3. The number of hydrogen-bond acceptors (Lipinski definition) is 5. The van der Waals surface area contributed by atoms with E-state index in [0.717, 1.165) is 11.1 Å². The van der Waals surface area contributed by atoms with Crippen LogP contribution >= 0.6 is 0 Å². The van der Waals surface area contributed by atoms with E-state index in [1.807, 2.05) is 52.8 Å². The van der Waals surface area contributed by atoms with E-state index in [0.29, 0.717) is 25.2 Å². The van der Waals surface area contributed by atoms with Crippen molar-refractivity contribution in [3.05, 3.63) is 29.3 Å². The quantitative estimate of drug-likeness (QED) is 0.742. The van der Waals surface area contributed by atoms with Gasteiger partial charge in [-0.3, -0.25) is 9.59 Å². The van der Waals surface area contributed by atoms with Gasteiger partial charge >= 0.3 is 11.9 Å². The minimum Gasteiger partial charge on any atom is -0.490 e. The minimum absolute atomic E-state index is 0.122. The Bertz CT molecular complexity index is 673. The van der Waals surface area contributed by atoms with Gasteiger partial charge < -0.3 is 14.2 Å². The molecule has 0 saturated heterocycles. The number of carbonyl (C=O) groups excluding carboxylic acids is 2. The number of benzene rings is 1. The topological polar surface area (TPSA) is 61.8 Å². The number of para-hydroxylation sites is 1. The normalized spacial score (nSPS) is 22.2. The van der Waals surface area contributed by atoms with Crippen molar-refractivity contribution in [2.45, 2.75) is 77.9 Å². The van der Waals surface area contributed by atoms with Crippen LogP contribution in [-0.4, -0.2) is 30.3 Å². The predicted octanol–water partition coefficient (Wildman–Crippen LogP) is 3.95. The lowest BCUT2D eigenvalue weighted by Gasteiger charge is -2.39. The molecule has 0 fully saturated rings. The van der Waals surface area contributed by atoms with E-state index in [-0.39, 0.29) is 24.5 Å². The summed E-state index contributed by atoms with van der Waals surface area (Å²) in [6, 6.07) is 5.76. The molecule has 2 atom stereocenters. The van der Waals surface area contributed by atoms with Gasteiger partial charge in [-0.2, -0.15) is 0 Å². The molecule has 5 heteroatoms. The van der Waals surface area contributed by atoms with Crippen molar-refractivity contribution in [2.24, 2.45) is 0 Å². The molecular formula is C21H30O5. The number of aryl methyl sites for hydroxylation is 1. The molecule has 0 aromatic heterocycles. The van der Waals surface area contributed by atoms with Crippen LogP contribution in [0.4, 0.5) is 0 Å². The van der Waals surface area contributed by atoms with E-state index in [2.05, 4.69) is 0 Å². The van der Waals surface area contributed by atoms with Crippen molar-refractivity contribution < 1.29 is 23.8 Å². The molecule has 144 valence electrons. The fourth-order valence-electron chi connectivity index (χ4n) is 3.34. The van der Waals surface area contributed by atoms with Crippen LogP contribution in [0.1, 0.15) is 65.5 Å². The number of hydrogen-bond donors (Lipinski definition) is 0. The fourth-order valence-corrected chi connectivity index (χ4v) is 3.34. The molecule has 1 aliphatic heterocycles. The maximum Gasteiger partial charge on any atom is 0.317 e. The highest BCUT2D eigenvalue weighted by Crippen LogP contribution is 2.44. The van der Waals surface area contributed by atoms with E-state index in [1.54, 1.807) is 6.92 Å². The van der Waals surface area contributed by atoms with Gasteiger partial charge in [0.15, 0.2) is 0 Å². The Labute approximate surface area is 156 Å². The van der Waals surface area contributed by atoms with Crippen molar-refractivity contribution in [1.29, 1.82) is 0 Å². The Morgan fingerprint density at radius 2 is 2.00 bits per heavy atom. The Morgan fingerprint density at radius 3 is 2.62 bits per heavy atom. The van der Waals surface area contributed by atoms with E-state index < -0.39 is 11.0 Å². The highest BCUT2D eigenvalue weighted by atomic mass is 16.6. The predicted molar refractivity (Wildman–Crippen MR) is 99.3 cm³/mol. The molecule has 0 N–H and O–H groups in total. The average Bonchev–Trinajstić information content (AvgIpc) is 2.51. The van der Waals surface area contributed by atoms with Crippen LogP contribution in [0.2, 0.25) is 0 Å². The van der Waals surface area contributed by atoms with Gasteiger partial charge in [-0.25, -0.2) is 0 Å². The third-order valence-electron chi connectivity index (χ3n) is 4.46. The average molecular weight is 362 g/mol. The molecule has 0 radical (unpaired) electrons. The largest absolute Gasteiger partial charge is 0.490 e. The Morgan fingerprint density at radius 1 is 1.31 bits per heavy atom. The maximum absolute atomic E-state index is 13.0. The monoisotopic (exact) mass is 362 g/mol. The highest BCUT2D eigenvalue weighted by Gasteiger charge is 2.45. The number of esters is 2. The van der Waals surface area contributed by atoms with Crippen molar-refractivity contribution >= 4 is 11.9 Å².